The number of rotatable bonds is 7. The first-order valence-corrected chi connectivity index (χ1v) is 6.34. The average Bonchev–Trinajstić information content (AvgIpc) is 2.86. The Kier molecular flexibility index (Phi) is 5.21. The van der Waals surface area contributed by atoms with E-state index in [9.17, 15) is 4.79 Å². The van der Waals surface area contributed by atoms with Crippen molar-refractivity contribution in [2.24, 2.45) is 11.1 Å². The fourth-order valence-corrected chi connectivity index (χ4v) is 1.69. The Labute approximate surface area is 112 Å². The van der Waals surface area contributed by atoms with E-state index < -0.39 is 5.41 Å². The lowest BCUT2D eigenvalue weighted by Gasteiger charge is -2.25. The second-order valence-electron chi connectivity index (χ2n) is 4.34. The first kappa shape index (κ1) is 14.6. The highest BCUT2D eigenvalue weighted by atomic mass is 32.1. The SMILES string of the molecule is CCC(C)(C(=O)NCCCc1ncn[nH]1)C(N)=S. The molecular weight excluding hydrogens is 250 g/mol. The monoisotopic (exact) mass is 269 g/mol. The van der Waals surface area contributed by atoms with Crippen molar-refractivity contribution < 1.29 is 4.79 Å². The van der Waals surface area contributed by atoms with E-state index in [1.807, 2.05) is 6.92 Å². The van der Waals surface area contributed by atoms with Crippen LogP contribution in [-0.2, 0) is 11.2 Å². The topological polar surface area (TPSA) is 96.7 Å². The zero-order valence-electron chi connectivity index (χ0n) is 10.7. The highest BCUT2D eigenvalue weighted by molar-refractivity contribution is 7.80. The molecule has 1 atom stereocenters. The zero-order chi connectivity index (χ0) is 13.6. The van der Waals surface area contributed by atoms with Gasteiger partial charge in [-0.2, -0.15) is 5.10 Å². The first-order chi connectivity index (χ1) is 8.50. The predicted octanol–water partition coefficient (Wildman–Crippen LogP) is 0.556. The molecule has 0 spiro atoms. The fraction of sp³-hybridized carbons (Fsp3) is 0.636. The highest BCUT2D eigenvalue weighted by Crippen LogP contribution is 2.21. The maximum Gasteiger partial charge on any atom is 0.232 e. The minimum atomic E-state index is -0.762. The summed E-state index contributed by atoms with van der Waals surface area (Å²) in [5, 5.41) is 9.37. The van der Waals surface area contributed by atoms with Crippen LogP contribution in [0, 0.1) is 5.41 Å². The van der Waals surface area contributed by atoms with E-state index in [2.05, 4.69) is 20.5 Å². The number of amides is 1. The second kappa shape index (κ2) is 6.44. The van der Waals surface area contributed by atoms with Gasteiger partial charge in [-0.05, 0) is 19.8 Å². The third kappa shape index (κ3) is 3.49. The highest BCUT2D eigenvalue weighted by Gasteiger charge is 2.34. The molecule has 0 fully saturated rings. The molecule has 6 nitrogen and oxygen atoms in total. The fourth-order valence-electron chi connectivity index (χ4n) is 1.45. The number of aromatic nitrogens is 3. The molecule has 0 aromatic carbocycles. The summed E-state index contributed by atoms with van der Waals surface area (Å²) in [6.45, 7) is 4.23. The molecule has 4 N–H and O–H groups in total. The van der Waals surface area contributed by atoms with Crippen LogP contribution < -0.4 is 11.1 Å². The number of H-pyrrole nitrogens is 1. The van der Waals surface area contributed by atoms with Crippen molar-refractivity contribution in [1.29, 1.82) is 0 Å². The van der Waals surface area contributed by atoms with E-state index >= 15 is 0 Å². The number of nitrogens with one attached hydrogen (secondary N) is 2. The number of thiocarbonyl (C=S) groups is 1. The maximum absolute atomic E-state index is 12.0. The van der Waals surface area contributed by atoms with Gasteiger partial charge in [0.1, 0.15) is 12.2 Å². The zero-order valence-corrected chi connectivity index (χ0v) is 11.5. The lowest BCUT2D eigenvalue weighted by atomic mass is 9.86. The van der Waals surface area contributed by atoms with E-state index in [4.69, 9.17) is 18.0 Å². The van der Waals surface area contributed by atoms with Gasteiger partial charge in [0, 0.05) is 13.0 Å². The molecule has 0 aliphatic rings. The summed E-state index contributed by atoms with van der Waals surface area (Å²) in [4.78, 5) is 16.2. The van der Waals surface area contributed by atoms with Gasteiger partial charge in [0.15, 0.2) is 0 Å². The molecule has 0 saturated heterocycles. The Balaban J connectivity index is 2.34. The van der Waals surface area contributed by atoms with Gasteiger partial charge in [0.05, 0.1) is 10.4 Å². The summed E-state index contributed by atoms with van der Waals surface area (Å²) in [6, 6.07) is 0. The van der Waals surface area contributed by atoms with Gasteiger partial charge < -0.3 is 11.1 Å². The van der Waals surface area contributed by atoms with Crippen LogP contribution in [-0.4, -0.2) is 32.6 Å². The van der Waals surface area contributed by atoms with Crippen molar-refractivity contribution in [3.8, 4) is 0 Å². The van der Waals surface area contributed by atoms with Gasteiger partial charge in [-0.15, -0.1) is 0 Å². The van der Waals surface area contributed by atoms with E-state index in [-0.39, 0.29) is 10.9 Å². The largest absolute Gasteiger partial charge is 0.392 e. The smallest absolute Gasteiger partial charge is 0.232 e. The number of carbonyl (C=O) groups excluding carboxylic acids is 1. The number of aryl methyl sites for hydroxylation is 1. The van der Waals surface area contributed by atoms with Gasteiger partial charge in [-0.25, -0.2) is 4.98 Å². The molecule has 1 unspecified atom stereocenters. The summed E-state index contributed by atoms with van der Waals surface area (Å²) in [5.41, 5.74) is 4.85. The number of carbonyl (C=O) groups is 1. The summed E-state index contributed by atoms with van der Waals surface area (Å²) >= 11 is 4.94. The van der Waals surface area contributed by atoms with E-state index in [0.717, 1.165) is 18.7 Å². The molecule has 1 rings (SSSR count). The Morgan fingerprint density at radius 3 is 2.89 bits per heavy atom. The van der Waals surface area contributed by atoms with Crippen LogP contribution in [0.15, 0.2) is 6.33 Å². The average molecular weight is 269 g/mol. The van der Waals surface area contributed by atoms with Gasteiger partial charge in [0.2, 0.25) is 5.91 Å². The van der Waals surface area contributed by atoms with E-state index in [0.29, 0.717) is 13.0 Å². The number of hydrogen-bond acceptors (Lipinski definition) is 4. The van der Waals surface area contributed by atoms with Crippen molar-refractivity contribution in [2.75, 3.05) is 6.54 Å². The summed E-state index contributed by atoms with van der Waals surface area (Å²) < 4.78 is 0. The Bertz CT molecular complexity index is 406. The quantitative estimate of drug-likeness (QED) is 0.496. The third-order valence-electron chi connectivity index (χ3n) is 3.09. The van der Waals surface area contributed by atoms with Gasteiger partial charge >= 0.3 is 0 Å². The normalized spacial score (nSPS) is 13.9. The van der Waals surface area contributed by atoms with E-state index in [1.165, 1.54) is 6.33 Å². The molecule has 0 bridgehead atoms. The van der Waals surface area contributed by atoms with Crippen LogP contribution >= 0.6 is 12.2 Å². The van der Waals surface area contributed by atoms with Crippen LogP contribution in [0.3, 0.4) is 0 Å². The molecule has 1 aromatic heterocycles. The molecule has 1 amide bonds. The summed E-state index contributed by atoms with van der Waals surface area (Å²) in [5.74, 6) is 0.701. The standard InChI is InChI=1S/C11H19N5OS/c1-3-11(2,9(12)18)10(17)13-6-4-5-8-14-7-15-16-8/h7H,3-6H2,1-2H3,(H2,12,18)(H,13,17)(H,14,15,16). The molecule has 0 radical (unpaired) electrons. The number of nitrogens with zero attached hydrogens (tertiary/aromatic N) is 2. The van der Waals surface area contributed by atoms with Gasteiger partial charge in [-0.3, -0.25) is 9.89 Å². The molecule has 0 saturated carbocycles. The first-order valence-electron chi connectivity index (χ1n) is 5.93. The Morgan fingerprint density at radius 1 is 1.67 bits per heavy atom. The van der Waals surface area contributed by atoms with Crippen LogP contribution in [0.25, 0.3) is 0 Å². The predicted molar refractivity (Wildman–Crippen MR) is 72.9 cm³/mol. The van der Waals surface area contributed by atoms with E-state index in [1.54, 1.807) is 6.92 Å². The molecular formula is C11H19N5OS. The molecule has 18 heavy (non-hydrogen) atoms. The van der Waals surface area contributed by atoms with Crippen molar-refractivity contribution >= 4 is 23.1 Å². The van der Waals surface area contributed by atoms with Crippen LogP contribution in [0.5, 0.6) is 0 Å². The number of nitrogens with two attached hydrogens (primary N) is 1. The lowest BCUT2D eigenvalue weighted by Crippen LogP contribution is -2.46. The summed E-state index contributed by atoms with van der Waals surface area (Å²) in [7, 11) is 0. The molecule has 0 aliphatic heterocycles. The molecule has 7 heteroatoms. The molecule has 0 aliphatic carbocycles. The van der Waals surface area contributed by atoms with Crippen LogP contribution in [0.1, 0.15) is 32.5 Å². The minimum Gasteiger partial charge on any atom is -0.392 e. The molecule has 1 aromatic rings. The third-order valence-corrected chi connectivity index (χ3v) is 3.54. The lowest BCUT2D eigenvalue weighted by molar-refractivity contribution is -0.126. The van der Waals surface area contributed by atoms with Crippen molar-refractivity contribution in [3.63, 3.8) is 0 Å². The molecule has 100 valence electrons. The Morgan fingerprint density at radius 2 is 2.39 bits per heavy atom. The number of hydrogen-bond donors (Lipinski definition) is 3. The minimum absolute atomic E-state index is 0.116. The number of aromatic amines is 1. The van der Waals surface area contributed by atoms with Crippen LogP contribution in [0.4, 0.5) is 0 Å². The summed E-state index contributed by atoms with van der Waals surface area (Å²) in [6.07, 6.45) is 3.60. The Hall–Kier alpha value is -1.50. The van der Waals surface area contributed by atoms with Crippen molar-refractivity contribution in [1.82, 2.24) is 20.5 Å². The second-order valence-corrected chi connectivity index (χ2v) is 4.78. The van der Waals surface area contributed by atoms with Crippen LogP contribution in [0.2, 0.25) is 0 Å². The van der Waals surface area contributed by atoms with Gasteiger partial charge in [-0.1, -0.05) is 19.1 Å². The van der Waals surface area contributed by atoms with Crippen molar-refractivity contribution in [2.45, 2.75) is 33.1 Å². The molecule has 1 heterocycles. The van der Waals surface area contributed by atoms with Gasteiger partial charge in [0.25, 0.3) is 0 Å². The van der Waals surface area contributed by atoms with Crippen molar-refractivity contribution in [3.05, 3.63) is 12.2 Å². The maximum atomic E-state index is 12.0.